The van der Waals surface area contributed by atoms with Crippen LogP contribution in [0.3, 0.4) is 0 Å². The minimum atomic E-state index is 0.281. The van der Waals surface area contributed by atoms with Crippen molar-refractivity contribution in [2.24, 2.45) is 11.8 Å². The average molecular weight is 270 g/mol. The molecular weight excluding hydrogens is 244 g/mol. The number of rotatable bonds is 4. The fraction of sp³-hybridized carbons (Fsp3) is 0.632. The molecule has 0 aliphatic heterocycles. The molecule has 1 heteroatoms. The lowest BCUT2D eigenvalue weighted by atomic mass is 9.76. The van der Waals surface area contributed by atoms with E-state index in [1.54, 1.807) is 0 Å². The molecule has 0 amide bonds. The molecular formula is C19H26O. The van der Waals surface area contributed by atoms with Crippen LogP contribution in [0, 0.1) is 11.8 Å². The van der Waals surface area contributed by atoms with E-state index in [0.29, 0.717) is 5.78 Å². The van der Waals surface area contributed by atoms with E-state index in [0.717, 1.165) is 30.2 Å². The SMILES string of the molecule is CCC1CCCC(C(=O)c2ccc(C3CCC3)cc2)C1. The summed E-state index contributed by atoms with van der Waals surface area (Å²) in [5.41, 5.74) is 2.37. The normalized spacial score (nSPS) is 27.1. The van der Waals surface area contributed by atoms with Crippen LogP contribution in [-0.2, 0) is 0 Å². The molecule has 2 aliphatic rings. The van der Waals surface area contributed by atoms with Crippen LogP contribution >= 0.6 is 0 Å². The molecule has 1 aromatic carbocycles. The number of carbonyl (C=O) groups is 1. The van der Waals surface area contributed by atoms with Crippen LogP contribution in [0.1, 0.15) is 80.1 Å². The molecule has 2 unspecified atom stereocenters. The predicted molar refractivity (Wildman–Crippen MR) is 83.1 cm³/mol. The highest BCUT2D eigenvalue weighted by Crippen LogP contribution is 2.37. The zero-order valence-corrected chi connectivity index (χ0v) is 12.6. The summed E-state index contributed by atoms with van der Waals surface area (Å²) in [4.78, 5) is 12.6. The second-order valence-electron chi connectivity index (χ2n) is 6.75. The van der Waals surface area contributed by atoms with Crippen molar-refractivity contribution in [1.82, 2.24) is 0 Å². The van der Waals surface area contributed by atoms with E-state index in [1.807, 2.05) is 0 Å². The van der Waals surface area contributed by atoms with Gasteiger partial charge in [-0.3, -0.25) is 4.79 Å². The minimum absolute atomic E-state index is 0.281. The van der Waals surface area contributed by atoms with Gasteiger partial charge >= 0.3 is 0 Å². The third kappa shape index (κ3) is 2.82. The Bertz CT molecular complexity index is 455. The average Bonchev–Trinajstić information content (AvgIpc) is 2.45. The molecule has 20 heavy (non-hydrogen) atoms. The van der Waals surface area contributed by atoms with Gasteiger partial charge in [0.2, 0.25) is 0 Å². The number of ketones is 1. The Labute approximate surface area is 122 Å². The summed E-state index contributed by atoms with van der Waals surface area (Å²) < 4.78 is 0. The molecule has 2 aliphatic carbocycles. The van der Waals surface area contributed by atoms with Gasteiger partial charge in [0.1, 0.15) is 0 Å². The molecule has 1 aromatic rings. The Balaban J connectivity index is 1.66. The Morgan fingerprint density at radius 3 is 2.35 bits per heavy atom. The molecule has 0 N–H and O–H groups in total. The molecule has 2 saturated carbocycles. The zero-order chi connectivity index (χ0) is 13.9. The maximum atomic E-state index is 12.6. The second-order valence-corrected chi connectivity index (χ2v) is 6.75. The van der Waals surface area contributed by atoms with Gasteiger partial charge in [0.05, 0.1) is 0 Å². The lowest BCUT2D eigenvalue weighted by Crippen LogP contribution is -2.23. The van der Waals surface area contributed by atoms with E-state index in [2.05, 4.69) is 31.2 Å². The molecule has 2 fully saturated rings. The summed E-state index contributed by atoms with van der Waals surface area (Å²) in [5, 5.41) is 0. The molecule has 0 heterocycles. The van der Waals surface area contributed by atoms with Crippen molar-refractivity contribution in [1.29, 1.82) is 0 Å². The van der Waals surface area contributed by atoms with Crippen molar-refractivity contribution in [3.8, 4) is 0 Å². The second kappa shape index (κ2) is 6.11. The minimum Gasteiger partial charge on any atom is -0.294 e. The van der Waals surface area contributed by atoms with Gasteiger partial charge in [-0.05, 0) is 43.1 Å². The fourth-order valence-electron chi connectivity index (χ4n) is 3.80. The van der Waals surface area contributed by atoms with Crippen LogP contribution < -0.4 is 0 Å². The Kier molecular flexibility index (Phi) is 4.24. The van der Waals surface area contributed by atoms with E-state index in [1.165, 1.54) is 44.1 Å². The third-order valence-electron chi connectivity index (χ3n) is 5.50. The largest absolute Gasteiger partial charge is 0.294 e. The molecule has 0 radical (unpaired) electrons. The quantitative estimate of drug-likeness (QED) is 0.674. The van der Waals surface area contributed by atoms with Crippen molar-refractivity contribution in [2.75, 3.05) is 0 Å². The molecule has 3 rings (SSSR count). The number of hydrogen-bond donors (Lipinski definition) is 0. The summed E-state index contributed by atoms with van der Waals surface area (Å²) in [7, 11) is 0. The van der Waals surface area contributed by atoms with Crippen molar-refractivity contribution in [3.63, 3.8) is 0 Å². The maximum absolute atomic E-state index is 12.6. The van der Waals surface area contributed by atoms with Gasteiger partial charge in [0.15, 0.2) is 5.78 Å². The van der Waals surface area contributed by atoms with E-state index < -0.39 is 0 Å². The van der Waals surface area contributed by atoms with Crippen molar-refractivity contribution in [3.05, 3.63) is 35.4 Å². The topological polar surface area (TPSA) is 17.1 Å². The summed E-state index contributed by atoms with van der Waals surface area (Å²) in [6, 6.07) is 8.53. The summed E-state index contributed by atoms with van der Waals surface area (Å²) in [6.45, 7) is 2.25. The van der Waals surface area contributed by atoms with Crippen LogP contribution in [0.2, 0.25) is 0 Å². The monoisotopic (exact) mass is 270 g/mol. The highest BCUT2D eigenvalue weighted by atomic mass is 16.1. The summed E-state index contributed by atoms with van der Waals surface area (Å²) in [6.07, 6.45) is 10.0. The van der Waals surface area contributed by atoms with E-state index in [-0.39, 0.29) is 5.92 Å². The first kappa shape index (κ1) is 13.9. The molecule has 1 nitrogen and oxygen atoms in total. The van der Waals surface area contributed by atoms with E-state index in [4.69, 9.17) is 0 Å². The van der Waals surface area contributed by atoms with Gasteiger partial charge in [0.25, 0.3) is 0 Å². The van der Waals surface area contributed by atoms with E-state index in [9.17, 15) is 4.79 Å². The number of carbonyl (C=O) groups excluding carboxylic acids is 1. The van der Waals surface area contributed by atoms with Gasteiger partial charge in [-0.1, -0.05) is 56.9 Å². The lowest BCUT2D eigenvalue weighted by Gasteiger charge is -2.28. The van der Waals surface area contributed by atoms with Crippen LogP contribution in [0.5, 0.6) is 0 Å². The first-order valence-electron chi connectivity index (χ1n) is 8.42. The Morgan fingerprint density at radius 2 is 1.75 bits per heavy atom. The summed E-state index contributed by atoms with van der Waals surface area (Å²) >= 11 is 0. The van der Waals surface area contributed by atoms with Crippen LogP contribution in [0.15, 0.2) is 24.3 Å². The van der Waals surface area contributed by atoms with Crippen molar-refractivity contribution < 1.29 is 4.79 Å². The van der Waals surface area contributed by atoms with Gasteiger partial charge in [-0.2, -0.15) is 0 Å². The van der Waals surface area contributed by atoms with Crippen LogP contribution in [0.4, 0.5) is 0 Å². The van der Waals surface area contributed by atoms with Crippen LogP contribution in [0.25, 0.3) is 0 Å². The third-order valence-corrected chi connectivity index (χ3v) is 5.50. The molecule has 108 valence electrons. The maximum Gasteiger partial charge on any atom is 0.165 e. The summed E-state index contributed by atoms with van der Waals surface area (Å²) in [5.74, 6) is 2.21. The van der Waals surface area contributed by atoms with Gasteiger partial charge in [-0.25, -0.2) is 0 Å². The smallest absolute Gasteiger partial charge is 0.165 e. The van der Waals surface area contributed by atoms with Gasteiger partial charge in [0, 0.05) is 11.5 Å². The first-order valence-corrected chi connectivity index (χ1v) is 8.42. The van der Waals surface area contributed by atoms with Crippen molar-refractivity contribution >= 4 is 5.78 Å². The molecule has 0 bridgehead atoms. The number of benzene rings is 1. The fourth-order valence-corrected chi connectivity index (χ4v) is 3.80. The number of hydrogen-bond acceptors (Lipinski definition) is 1. The van der Waals surface area contributed by atoms with Gasteiger partial charge in [-0.15, -0.1) is 0 Å². The van der Waals surface area contributed by atoms with Crippen LogP contribution in [-0.4, -0.2) is 5.78 Å². The molecule has 0 aromatic heterocycles. The van der Waals surface area contributed by atoms with Crippen molar-refractivity contribution in [2.45, 2.75) is 64.2 Å². The molecule has 0 saturated heterocycles. The lowest BCUT2D eigenvalue weighted by molar-refractivity contribution is 0.0862. The van der Waals surface area contributed by atoms with Gasteiger partial charge < -0.3 is 0 Å². The predicted octanol–water partition coefficient (Wildman–Crippen LogP) is 5.35. The standard InChI is InChI=1S/C19H26O/c1-2-14-5-3-8-18(13-14)19(20)17-11-9-16(10-12-17)15-6-4-7-15/h9-12,14-15,18H,2-8,13H2,1H3. The Hall–Kier alpha value is -1.11. The van der Waals surface area contributed by atoms with E-state index >= 15 is 0 Å². The molecule has 2 atom stereocenters. The Morgan fingerprint density at radius 1 is 1.05 bits per heavy atom. The molecule has 0 spiro atoms. The highest BCUT2D eigenvalue weighted by molar-refractivity contribution is 5.97. The zero-order valence-electron chi connectivity index (χ0n) is 12.6. The number of Topliss-reactive ketones (excluding diaryl/α,β-unsaturated/α-hetero) is 1. The first-order chi connectivity index (χ1) is 9.78. The highest BCUT2D eigenvalue weighted by Gasteiger charge is 2.27.